The molecule has 1 atom stereocenters. The largest absolute Gasteiger partial charge is 0.299 e. The molecule has 4 rings (SSSR count). The molecule has 3 aromatic rings. The standard InChI is InChI=1S/C22H21N5O3S3/c1-15-4-10-18(11-5-15)33(29,30)27-12-2-3-19(27)20(28)24-21-25-26-22(32-21)31-14-17-8-6-16(13-23)7-9-17/h4-11,19H,2-3,12,14H2,1H3,(H,24,25,28)/t19-/m1/s1. The summed E-state index contributed by atoms with van der Waals surface area (Å²) >= 11 is 2.72. The molecule has 33 heavy (non-hydrogen) atoms. The fraction of sp³-hybridized carbons (Fsp3) is 0.273. The highest BCUT2D eigenvalue weighted by molar-refractivity contribution is 8.00. The molecule has 1 amide bonds. The van der Waals surface area contributed by atoms with Gasteiger partial charge in [0.15, 0.2) is 4.34 Å². The number of sulfonamides is 1. The minimum Gasteiger partial charge on any atom is -0.299 e. The summed E-state index contributed by atoms with van der Waals surface area (Å²) in [4.78, 5) is 13.1. The van der Waals surface area contributed by atoms with Crippen LogP contribution in [0.25, 0.3) is 0 Å². The molecule has 1 aliphatic rings. The number of nitrogens with one attached hydrogen (secondary N) is 1. The van der Waals surface area contributed by atoms with Gasteiger partial charge in [-0.05, 0) is 49.6 Å². The van der Waals surface area contributed by atoms with Crippen LogP contribution in [0.2, 0.25) is 0 Å². The Labute approximate surface area is 200 Å². The predicted octanol–water partition coefficient (Wildman–Crippen LogP) is 3.80. The van der Waals surface area contributed by atoms with E-state index in [4.69, 9.17) is 5.26 Å². The van der Waals surface area contributed by atoms with E-state index < -0.39 is 22.0 Å². The first-order valence-electron chi connectivity index (χ1n) is 10.2. The number of carbonyl (C=O) groups excluding carboxylic acids is 1. The number of aromatic nitrogens is 2. The summed E-state index contributed by atoms with van der Waals surface area (Å²) in [6, 6.07) is 15.2. The van der Waals surface area contributed by atoms with E-state index in [1.54, 1.807) is 36.4 Å². The van der Waals surface area contributed by atoms with Gasteiger partial charge >= 0.3 is 0 Å². The lowest BCUT2D eigenvalue weighted by Crippen LogP contribution is -2.43. The average Bonchev–Trinajstić information content (AvgIpc) is 3.48. The van der Waals surface area contributed by atoms with E-state index in [1.165, 1.54) is 27.4 Å². The number of nitriles is 1. The molecule has 0 unspecified atom stereocenters. The third kappa shape index (κ3) is 5.42. The topological polar surface area (TPSA) is 116 Å². The van der Waals surface area contributed by atoms with E-state index >= 15 is 0 Å². The number of nitrogens with zero attached hydrogens (tertiary/aromatic N) is 4. The lowest BCUT2D eigenvalue weighted by Gasteiger charge is -2.23. The van der Waals surface area contributed by atoms with E-state index in [2.05, 4.69) is 21.6 Å². The number of anilines is 1. The van der Waals surface area contributed by atoms with Gasteiger partial charge in [-0.25, -0.2) is 8.42 Å². The minimum atomic E-state index is -3.77. The van der Waals surface area contributed by atoms with Crippen LogP contribution in [0.1, 0.15) is 29.5 Å². The van der Waals surface area contributed by atoms with Crippen molar-refractivity contribution in [2.75, 3.05) is 11.9 Å². The smallest absolute Gasteiger partial charge is 0.244 e. The van der Waals surface area contributed by atoms with Gasteiger partial charge in [-0.15, -0.1) is 10.2 Å². The molecule has 1 N–H and O–H groups in total. The van der Waals surface area contributed by atoms with E-state index in [-0.39, 0.29) is 4.90 Å². The maximum absolute atomic E-state index is 13.1. The van der Waals surface area contributed by atoms with Crippen LogP contribution in [0.15, 0.2) is 57.8 Å². The van der Waals surface area contributed by atoms with Gasteiger partial charge in [-0.3, -0.25) is 10.1 Å². The van der Waals surface area contributed by atoms with Crippen LogP contribution >= 0.6 is 23.1 Å². The molecule has 11 heteroatoms. The van der Waals surface area contributed by atoms with Crippen LogP contribution in [-0.2, 0) is 20.6 Å². The van der Waals surface area contributed by atoms with E-state index in [9.17, 15) is 13.2 Å². The molecular formula is C22H21N5O3S3. The van der Waals surface area contributed by atoms with Crippen molar-refractivity contribution < 1.29 is 13.2 Å². The Hall–Kier alpha value is -2.78. The number of aryl methyl sites for hydroxylation is 1. The zero-order valence-corrected chi connectivity index (χ0v) is 20.2. The highest BCUT2D eigenvalue weighted by atomic mass is 32.2. The average molecular weight is 500 g/mol. The van der Waals surface area contributed by atoms with Gasteiger partial charge in [-0.2, -0.15) is 9.57 Å². The number of thioether (sulfide) groups is 1. The van der Waals surface area contributed by atoms with Crippen molar-refractivity contribution in [1.29, 1.82) is 5.26 Å². The van der Waals surface area contributed by atoms with Gasteiger partial charge in [0.05, 0.1) is 16.5 Å². The van der Waals surface area contributed by atoms with Gasteiger partial charge in [0.25, 0.3) is 0 Å². The van der Waals surface area contributed by atoms with Crippen LogP contribution in [0.5, 0.6) is 0 Å². The fourth-order valence-corrected chi connectivity index (χ4v) is 6.83. The first kappa shape index (κ1) is 23.4. The van der Waals surface area contributed by atoms with Crippen molar-refractivity contribution in [2.45, 2.75) is 40.8 Å². The molecule has 0 bridgehead atoms. The quantitative estimate of drug-likeness (QED) is 0.388. The van der Waals surface area contributed by atoms with Crippen molar-refractivity contribution >= 4 is 44.2 Å². The Morgan fingerprint density at radius 3 is 2.64 bits per heavy atom. The van der Waals surface area contributed by atoms with E-state index in [1.807, 2.05) is 19.1 Å². The number of hydrogen-bond acceptors (Lipinski definition) is 8. The second-order valence-electron chi connectivity index (χ2n) is 7.55. The fourth-order valence-electron chi connectivity index (χ4n) is 3.46. The van der Waals surface area contributed by atoms with Gasteiger partial charge in [0.2, 0.25) is 21.1 Å². The first-order chi connectivity index (χ1) is 15.9. The number of benzene rings is 2. The number of carbonyl (C=O) groups is 1. The minimum absolute atomic E-state index is 0.185. The van der Waals surface area contributed by atoms with Crippen molar-refractivity contribution in [3.8, 4) is 6.07 Å². The van der Waals surface area contributed by atoms with Crippen molar-refractivity contribution in [2.24, 2.45) is 0 Å². The van der Waals surface area contributed by atoms with Gasteiger partial charge in [-0.1, -0.05) is 52.9 Å². The van der Waals surface area contributed by atoms with Crippen LogP contribution in [-0.4, -0.2) is 41.4 Å². The molecule has 0 spiro atoms. The Morgan fingerprint density at radius 2 is 1.94 bits per heavy atom. The van der Waals surface area contributed by atoms with Gasteiger partial charge < -0.3 is 0 Å². The summed E-state index contributed by atoms with van der Waals surface area (Å²) < 4.78 is 28.1. The maximum Gasteiger partial charge on any atom is 0.244 e. The molecule has 1 fully saturated rings. The number of rotatable bonds is 7. The number of amides is 1. The molecule has 0 saturated carbocycles. The zero-order chi connectivity index (χ0) is 23.4. The third-order valence-corrected chi connectivity index (χ3v) is 9.18. The predicted molar refractivity (Wildman–Crippen MR) is 127 cm³/mol. The molecule has 1 aromatic heterocycles. The zero-order valence-electron chi connectivity index (χ0n) is 17.8. The molecule has 8 nitrogen and oxygen atoms in total. The maximum atomic E-state index is 13.1. The molecule has 1 aliphatic heterocycles. The summed E-state index contributed by atoms with van der Waals surface area (Å²) in [5.41, 5.74) is 2.62. The SMILES string of the molecule is Cc1ccc(S(=O)(=O)N2CCC[C@@H]2C(=O)Nc2nnc(SCc3ccc(C#N)cc3)s2)cc1. The summed E-state index contributed by atoms with van der Waals surface area (Å²) in [6.45, 7) is 2.19. The third-order valence-electron chi connectivity index (χ3n) is 5.22. The normalized spacial score (nSPS) is 16.4. The Kier molecular flexibility index (Phi) is 7.09. The summed E-state index contributed by atoms with van der Waals surface area (Å²) in [7, 11) is -3.77. The Balaban J connectivity index is 1.39. The Morgan fingerprint density at radius 1 is 1.21 bits per heavy atom. The summed E-state index contributed by atoms with van der Waals surface area (Å²) in [5.74, 6) is 0.252. The lowest BCUT2D eigenvalue weighted by molar-refractivity contribution is -0.119. The van der Waals surface area contributed by atoms with E-state index in [0.717, 1.165) is 11.1 Å². The highest BCUT2D eigenvalue weighted by Gasteiger charge is 2.39. The van der Waals surface area contributed by atoms with Crippen molar-refractivity contribution in [3.05, 3.63) is 65.2 Å². The molecule has 0 radical (unpaired) electrons. The Bertz CT molecular complexity index is 1280. The van der Waals surface area contributed by atoms with Crippen molar-refractivity contribution in [1.82, 2.24) is 14.5 Å². The molecule has 170 valence electrons. The second kappa shape index (κ2) is 10.0. The second-order valence-corrected chi connectivity index (χ2v) is 11.6. The summed E-state index contributed by atoms with van der Waals surface area (Å²) in [5, 5.41) is 20.1. The molecular weight excluding hydrogens is 478 g/mol. The monoisotopic (exact) mass is 499 g/mol. The van der Waals surface area contributed by atoms with E-state index in [0.29, 0.717) is 40.2 Å². The highest BCUT2D eigenvalue weighted by Crippen LogP contribution is 2.30. The van der Waals surface area contributed by atoms with Gasteiger partial charge in [0, 0.05) is 12.3 Å². The van der Waals surface area contributed by atoms with Crippen LogP contribution in [0, 0.1) is 18.3 Å². The number of hydrogen-bond donors (Lipinski definition) is 1. The first-order valence-corrected chi connectivity index (χ1v) is 13.5. The van der Waals surface area contributed by atoms with Crippen LogP contribution in [0.3, 0.4) is 0 Å². The van der Waals surface area contributed by atoms with Crippen molar-refractivity contribution in [3.63, 3.8) is 0 Å². The molecule has 0 aliphatic carbocycles. The molecule has 2 heterocycles. The summed E-state index contributed by atoms with van der Waals surface area (Å²) in [6.07, 6.45) is 1.07. The molecule has 1 saturated heterocycles. The lowest BCUT2D eigenvalue weighted by atomic mass is 10.2. The molecule has 2 aromatic carbocycles. The van der Waals surface area contributed by atoms with Crippen LogP contribution in [0.4, 0.5) is 5.13 Å². The van der Waals surface area contributed by atoms with Crippen LogP contribution < -0.4 is 5.32 Å². The van der Waals surface area contributed by atoms with Gasteiger partial charge in [0.1, 0.15) is 6.04 Å².